The fourth-order valence-electron chi connectivity index (χ4n) is 7.77. The molecule has 2 bridgehead atoms. The van der Waals surface area contributed by atoms with Crippen LogP contribution in [0.15, 0.2) is 48.5 Å². The first kappa shape index (κ1) is 31.6. The molecule has 43 heavy (non-hydrogen) atoms. The Labute approximate surface area is 255 Å². The molecule has 3 N–H and O–H groups in total. The van der Waals surface area contributed by atoms with Gasteiger partial charge in [0.2, 0.25) is 5.91 Å². The Morgan fingerprint density at radius 2 is 1.63 bits per heavy atom. The van der Waals surface area contributed by atoms with Crippen LogP contribution >= 0.6 is 0 Å². The highest BCUT2D eigenvalue weighted by molar-refractivity contribution is 5.90. The van der Waals surface area contributed by atoms with Crippen LogP contribution in [0.4, 0.5) is 5.69 Å². The van der Waals surface area contributed by atoms with E-state index in [0.29, 0.717) is 41.8 Å². The number of carboxylic acids is 1. The van der Waals surface area contributed by atoms with Gasteiger partial charge in [0.25, 0.3) is 0 Å². The molecule has 2 aliphatic heterocycles. The van der Waals surface area contributed by atoms with E-state index in [0.717, 1.165) is 42.6 Å². The van der Waals surface area contributed by atoms with Crippen LogP contribution in [0.1, 0.15) is 108 Å². The standard InChI is InChI=1S/C35H48N2O6/c1-34(2)18-28-19-35(3,22-34)23-37(28)20-29-17-30(25-11-9-24(21-38)10-12-25)43-33(42-29)26-13-15-27(16-14-26)36-31(39)7-5-4-6-8-32(40)41/h9-16,28-30,33,38H,4-8,17-23H2,1-3H3,(H,36,39)(H,40,41)/t28?,29-,30+,33+,35?/m0/s1. The van der Waals surface area contributed by atoms with Gasteiger partial charge in [0.05, 0.1) is 18.8 Å². The van der Waals surface area contributed by atoms with E-state index in [2.05, 4.69) is 31.0 Å². The van der Waals surface area contributed by atoms with E-state index >= 15 is 0 Å². The van der Waals surface area contributed by atoms with Gasteiger partial charge in [-0.15, -0.1) is 0 Å². The number of aliphatic hydroxyl groups is 1. The highest BCUT2D eigenvalue weighted by Gasteiger charge is 2.50. The molecule has 3 fully saturated rings. The van der Waals surface area contributed by atoms with Gasteiger partial charge in [-0.05, 0) is 66.2 Å². The summed E-state index contributed by atoms with van der Waals surface area (Å²) in [6.45, 7) is 9.25. The van der Waals surface area contributed by atoms with Crippen molar-refractivity contribution in [3.63, 3.8) is 0 Å². The number of carbonyl (C=O) groups is 2. The molecular formula is C35H48N2O6. The summed E-state index contributed by atoms with van der Waals surface area (Å²) in [5, 5.41) is 21.2. The molecule has 2 unspecified atom stereocenters. The number of aliphatic carboxylic acids is 1. The number of anilines is 1. The number of carbonyl (C=O) groups excluding carboxylic acids is 1. The summed E-state index contributed by atoms with van der Waals surface area (Å²) in [5.74, 6) is -0.878. The van der Waals surface area contributed by atoms with Crippen molar-refractivity contribution in [3.8, 4) is 0 Å². The minimum atomic E-state index is -0.801. The van der Waals surface area contributed by atoms with Crippen molar-refractivity contribution in [2.75, 3.05) is 18.4 Å². The van der Waals surface area contributed by atoms with Gasteiger partial charge in [0.15, 0.2) is 6.29 Å². The Bertz CT molecular complexity index is 1250. The number of ether oxygens (including phenoxy) is 2. The molecule has 8 heteroatoms. The lowest BCUT2D eigenvalue weighted by Gasteiger charge is -2.41. The van der Waals surface area contributed by atoms with E-state index < -0.39 is 12.3 Å². The molecule has 3 aliphatic rings. The van der Waals surface area contributed by atoms with Crippen molar-refractivity contribution in [3.05, 3.63) is 65.2 Å². The number of amides is 1. The third-order valence-electron chi connectivity index (χ3n) is 9.34. The molecule has 0 aromatic heterocycles. The van der Waals surface area contributed by atoms with Crippen LogP contribution in [0.5, 0.6) is 0 Å². The van der Waals surface area contributed by atoms with Gasteiger partial charge in [-0.25, -0.2) is 0 Å². The molecule has 0 radical (unpaired) electrons. The quantitative estimate of drug-likeness (QED) is 0.238. The molecule has 5 atom stereocenters. The largest absolute Gasteiger partial charge is 0.481 e. The smallest absolute Gasteiger partial charge is 0.303 e. The second-order valence-electron chi connectivity index (χ2n) is 14.1. The molecule has 0 spiro atoms. The Morgan fingerprint density at radius 3 is 2.33 bits per heavy atom. The number of unbranched alkanes of at least 4 members (excludes halogenated alkanes) is 2. The van der Waals surface area contributed by atoms with E-state index in [1.165, 1.54) is 19.3 Å². The number of carboxylic acid groups (broad SMARTS) is 1. The zero-order valence-corrected chi connectivity index (χ0v) is 25.9. The van der Waals surface area contributed by atoms with Crippen molar-refractivity contribution in [2.45, 2.75) is 110 Å². The van der Waals surface area contributed by atoms with E-state index in [4.69, 9.17) is 14.6 Å². The molecule has 8 nitrogen and oxygen atoms in total. The summed E-state index contributed by atoms with van der Waals surface area (Å²) in [5.41, 5.74) is 4.29. The number of hydrogen-bond donors (Lipinski definition) is 3. The average molecular weight is 593 g/mol. The fourth-order valence-corrected chi connectivity index (χ4v) is 7.77. The van der Waals surface area contributed by atoms with Crippen LogP contribution in [0.3, 0.4) is 0 Å². The van der Waals surface area contributed by atoms with Gasteiger partial charge in [-0.2, -0.15) is 0 Å². The van der Waals surface area contributed by atoms with Gasteiger partial charge < -0.3 is 25.0 Å². The zero-order valence-electron chi connectivity index (χ0n) is 25.9. The molecule has 2 aromatic rings. The highest BCUT2D eigenvalue weighted by Crippen LogP contribution is 2.53. The molecule has 234 valence electrons. The first-order chi connectivity index (χ1) is 20.5. The summed E-state index contributed by atoms with van der Waals surface area (Å²) >= 11 is 0. The van der Waals surface area contributed by atoms with Crippen molar-refractivity contribution in [1.29, 1.82) is 0 Å². The zero-order chi connectivity index (χ0) is 30.6. The molecular weight excluding hydrogens is 544 g/mol. The van der Waals surface area contributed by atoms with Crippen LogP contribution in [-0.4, -0.2) is 52.2 Å². The van der Waals surface area contributed by atoms with Crippen LogP contribution < -0.4 is 5.32 Å². The predicted octanol–water partition coefficient (Wildman–Crippen LogP) is 6.60. The second-order valence-corrected chi connectivity index (χ2v) is 14.1. The lowest BCUT2D eigenvalue weighted by atomic mass is 9.65. The predicted molar refractivity (Wildman–Crippen MR) is 165 cm³/mol. The minimum absolute atomic E-state index is 0.00726. The van der Waals surface area contributed by atoms with E-state index in [1.807, 2.05) is 48.5 Å². The maximum absolute atomic E-state index is 12.4. The molecule has 5 rings (SSSR count). The molecule has 1 saturated carbocycles. The number of nitrogens with zero attached hydrogens (tertiary/aromatic N) is 1. The lowest BCUT2D eigenvalue weighted by molar-refractivity contribution is -0.253. The Hall–Kier alpha value is -2.78. The van der Waals surface area contributed by atoms with Crippen LogP contribution in [0.2, 0.25) is 0 Å². The van der Waals surface area contributed by atoms with Crippen LogP contribution in [0, 0.1) is 10.8 Å². The second kappa shape index (κ2) is 13.5. The molecule has 2 saturated heterocycles. The number of benzene rings is 2. The Balaban J connectivity index is 1.25. The highest BCUT2D eigenvalue weighted by atomic mass is 16.7. The summed E-state index contributed by atoms with van der Waals surface area (Å²) < 4.78 is 13.2. The Morgan fingerprint density at radius 1 is 0.930 bits per heavy atom. The van der Waals surface area contributed by atoms with Crippen molar-refractivity contribution in [1.82, 2.24) is 4.90 Å². The first-order valence-corrected chi connectivity index (χ1v) is 15.9. The maximum atomic E-state index is 12.4. The monoisotopic (exact) mass is 592 g/mol. The molecule has 1 aliphatic carbocycles. The van der Waals surface area contributed by atoms with Gasteiger partial charge >= 0.3 is 5.97 Å². The fraction of sp³-hybridized carbons (Fsp3) is 0.600. The number of likely N-dealkylation sites (tertiary alicyclic amines) is 1. The summed E-state index contributed by atoms with van der Waals surface area (Å²) in [6, 6.07) is 16.2. The van der Waals surface area contributed by atoms with Gasteiger partial charge in [0, 0.05) is 49.6 Å². The molecule has 2 heterocycles. The Kier molecular flexibility index (Phi) is 9.91. The van der Waals surface area contributed by atoms with E-state index in [-0.39, 0.29) is 31.1 Å². The summed E-state index contributed by atoms with van der Waals surface area (Å²) in [7, 11) is 0. The SMILES string of the molecule is CC1(C)CC2CC(C)(CN2C[C@@H]2C[C@H](c3ccc(CO)cc3)O[C@H](c3ccc(NC(=O)CCCCCC(=O)O)cc3)O2)C1. The number of hydrogen-bond acceptors (Lipinski definition) is 6. The number of nitrogens with one attached hydrogen (secondary N) is 1. The lowest BCUT2D eigenvalue weighted by Crippen LogP contribution is -2.42. The van der Waals surface area contributed by atoms with Gasteiger partial charge in [-0.3, -0.25) is 14.5 Å². The number of aliphatic hydroxyl groups excluding tert-OH is 1. The number of rotatable bonds is 12. The van der Waals surface area contributed by atoms with Crippen LogP contribution in [-0.2, 0) is 25.7 Å². The molecule has 2 aromatic carbocycles. The minimum Gasteiger partial charge on any atom is -0.481 e. The number of fused-ring (bicyclic) bond motifs is 2. The van der Waals surface area contributed by atoms with Gasteiger partial charge in [-0.1, -0.05) is 63.6 Å². The van der Waals surface area contributed by atoms with E-state index in [1.54, 1.807) is 0 Å². The first-order valence-electron chi connectivity index (χ1n) is 15.9. The average Bonchev–Trinajstić information content (AvgIpc) is 3.20. The van der Waals surface area contributed by atoms with Gasteiger partial charge in [0.1, 0.15) is 0 Å². The summed E-state index contributed by atoms with van der Waals surface area (Å²) in [4.78, 5) is 25.7. The van der Waals surface area contributed by atoms with Crippen molar-refractivity contribution >= 4 is 17.6 Å². The third kappa shape index (κ3) is 8.44. The summed E-state index contributed by atoms with van der Waals surface area (Å²) in [6.07, 6.45) is 6.31. The topological polar surface area (TPSA) is 108 Å². The third-order valence-corrected chi connectivity index (χ3v) is 9.34. The van der Waals surface area contributed by atoms with Crippen molar-refractivity contribution in [2.24, 2.45) is 10.8 Å². The van der Waals surface area contributed by atoms with Crippen molar-refractivity contribution < 1.29 is 29.3 Å². The van der Waals surface area contributed by atoms with E-state index in [9.17, 15) is 14.7 Å². The molecule has 1 amide bonds. The maximum Gasteiger partial charge on any atom is 0.303 e. The normalized spacial score (nSPS) is 28.5. The van der Waals surface area contributed by atoms with Crippen LogP contribution in [0.25, 0.3) is 0 Å².